The van der Waals surface area contributed by atoms with Gasteiger partial charge >= 0.3 is 0 Å². The molecule has 0 saturated carbocycles. The quantitative estimate of drug-likeness (QED) is 0.867. The molecular weight excluding hydrogens is 222 g/mol. The van der Waals surface area contributed by atoms with E-state index < -0.39 is 0 Å². The minimum Gasteiger partial charge on any atom is -0.342 e. The Balaban J connectivity index is 2.16. The van der Waals surface area contributed by atoms with E-state index in [-0.39, 0.29) is 6.04 Å². The fourth-order valence-electron chi connectivity index (χ4n) is 1.91. The molecule has 0 radical (unpaired) electrons. The maximum atomic E-state index is 5.75. The molecule has 1 unspecified atom stereocenters. The molecule has 2 rings (SSSR count). The maximum Gasteiger partial charge on any atom is 0.106 e. The number of hydrogen-bond acceptors (Lipinski definition) is 2. The first kappa shape index (κ1) is 12.8. The van der Waals surface area contributed by atoms with Crippen LogP contribution in [0.4, 0.5) is 0 Å². The summed E-state index contributed by atoms with van der Waals surface area (Å²) in [6.07, 6.45) is 3.77. The number of nitrogens with two attached hydrogens (primary N) is 1. The highest BCUT2D eigenvalue weighted by atomic mass is 14.9. The van der Waals surface area contributed by atoms with Gasteiger partial charge in [-0.05, 0) is 49.9 Å². The zero-order valence-corrected chi connectivity index (χ0v) is 11.3. The number of aromatic nitrogens is 2. The molecule has 0 spiro atoms. The lowest BCUT2D eigenvalue weighted by atomic mass is 10.0. The Bertz CT molecular complexity index is 526. The first-order valence-corrected chi connectivity index (χ1v) is 6.43. The molecule has 1 aromatic carbocycles. The lowest BCUT2D eigenvalue weighted by Gasteiger charge is -2.03. The molecule has 0 aliphatic rings. The van der Waals surface area contributed by atoms with Crippen LogP contribution in [-0.2, 0) is 6.42 Å². The van der Waals surface area contributed by atoms with E-state index in [4.69, 9.17) is 5.73 Å². The van der Waals surface area contributed by atoms with Crippen LogP contribution in [0.25, 0.3) is 11.3 Å². The van der Waals surface area contributed by atoms with Crippen molar-refractivity contribution in [2.45, 2.75) is 39.7 Å². The van der Waals surface area contributed by atoms with E-state index in [0.717, 1.165) is 24.4 Å². The molecule has 96 valence electrons. The molecule has 1 atom stereocenters. The number of hydrogen-bond donors (Lipinski definition) is 2. The van der Waals surface area contributed by atoms with E-state index in [1.54, 1.807) is 0 Å². The van der Waals surface area contributed by atoms with Crippen molar-refractivity contribution >= 4 is 0 Å². The summed E-state index contributed by atoms with van der Waals surface area (Å²) in [5.74, 6) is 1.01. The van der Waals surface area contributed by atoms with Gasteiger partial charge in [0, 0.05) is 12.5 Å². The second kappa shape index (κ2) is 5.36. The van der Waals surface area contributed by atoms with Crippen molar-refractivity contribution in [3.05, 3.63) is 41.3 Å². The van der Waals surface area contributed by atoms with Gasteiger partial charge in [-0.2, -0.15) is 0 Å². The first-order valence-electron chi connectivity index (χ1n) is 6.43. The van der Waals surface area contributed by atoms with Gasteiger partial charge in [-0.25, -0.2) is 4.98 Å². The van der Waals surface area contributed by atoms with E-state index in [2.05, 4.69) is 42.0 Å². The predicted octanol–water partition coefficient (Wildman–Crippen LogP) is 2.97. The third-order valence-corrected chi connectivity index (χ3v) is 3.28. The summed E-state index contributed by atoms with van der Waals surface area (Å²) in [5, 5.41) is 0. The standard InChI is InChI=1S/C15H21N3/c1-10-4-6-13(8-11(10)2)14-9-17-15(18-14)7-5-12(3)16/h4,6,8-9,12H,5,7,16H2,1-3H3,(H,17,18). The average Bonchev–Trinajstić information content (AvgIpc) is 2.79. The third kappa shape index (κ3) is 2.99. The van der Waals surface area contributed by atoms with Crippen molar-refractivity contribution in [2.24, 2.45) is 5.73 Å². The molecule has 2 aromatic rings. The Morgan fingerprint density at radius 2 is 2.06 bits per heavy atom. The van der Waals surface area contributed by atoms with E-state index in [9.17, 15) is 0 Å². The Kier molecular flexibility index (Phi) is 3.82. The Morgan fingerprint density at radius 3 is 2.72 bits per heavy atom. The Labute approximate surface area is 108 Å². The van der Waals surface area contributed by atoms with Crippen LogP contribution in [0.1, 0.15) is 30.3 Å². The van der Waals surface area contributed by atoms with Crippen LogP contribution in [0, 0.1) is 13.8 Å². The van der Waals surface area contributed by atoms with Gasteiger partial charge in [0.2, 0.25) is 0 Å². The van der Waals surface area contributed by atoms with Crippen molar-refractivity contribution in [1.82, 2.24) is 9.97 Å². The third-order valence-electron chi connectivity index (χ3n) is 3.28. The van der Waals surface area contributed by atoms with Gasteiger partial charge in [-0.15, -0.1) is 0 Å². The number of aromatic amines is 1. The summed E-state index contributed by atoms with van der Waals surface area (Å²) >= 11 is 0. The topological polar surface area (TPSA) is 54.7 Å². The summed E-state index contributed by atoms with van der Waals surface area (Å²) in [5.41, 5.74) is 10.6. The number of nitrogens with zero attached hydrogens (tertiary/aromatic N) is 1. The van der Waals surface area contributed by atoms with E-state index in [1.807, 2.05) is 13.1 Å². The van der Waals surface area contributed by atoms with Crippen molar-refractivity contribution in [1.29, 1.82) is 0 Å². The van der Waals surface area contributed by atoms with Gasteiger partial charge in [0.05, 0.1) is 11.9 Å². The number of benzene rings is 1. The molecule has 0 bridgehead atoms. The minimum atomic E-state index is 0.222. The van der Waals surface area contributed by atoms with Crippen LogP contribution in [0.15, 0.2) is 24.4 Å². The summed E-state index contributed by atoms with van der Waals surface area (Å²) in [6, 6.07) is 6.69. The van der Waals surface area contributed by atoms with Crippen molar-refractivity contribution in [3.8, 4) is 11.3 Å². The molecule has 3 heteroatoms. The highest BCUT2D eigenvalue weighted by Crippen LogP contribution is 2.20. The molecule has 3 N–H and O–H groups in total. The van der Waals surface area contributed by atoms with Gasteiger partial charge < -0.3 is 10.7 Å². The van der Waals surface area contributed by atoms with Crippen molar-refractivity contribution < 1.29 is 0 Å². The molecular formula is C15H21N3. The largest absolute Gasteiger partial charge is 0.342 e. The summed E-state index contributed by atoms with van der Waals surface area (Å²) in [6.45, 7) is 6.28. The number of imidazole rings is 1. The van der Waals surface area contributed by atoms with Gasteiger partial charge in [0.1, 0.15) is 5.82 Å². The molecule has 0 aliphatic carbocycles. The molecule has 0 amide bonds. The predicted molar refractivity (Wildman–Crippen MR) is 75.5 cm³/mol. The number of nitrogens with one attached hydrogen (secondary N) is 1. The van der Waals surface area contributed by atoms with Crippen LogP contribution >= 0.6 is 0 Å². The van der Waals surface area contributed by atoms with Gasteiger partial charge in [-0.3, -0.25) is 0 Å². The van der Waals surface area contributed by atoms with E-state index in [1.165, 1.54) is 16.7 Å². The first-order chi connectivity index (χ1) is 8.56. The average molecular weight is 243 g/mol. The van der Waals surface area contributed by atoms with E-state index in [0.29, 0.717) is 0 Å². The fraction of sp³-hybridized carbons (Fsp3) is 0.400. The monoisotopic (exact) mass is 243 g/mol. The lowest BCUT2D eigenvalue weighted by Crippen LogP contribution is -2.15. The van der Waals surface area contributed by atoms with E-state index >= 15 is 0 Å². The molecule has 18 heavy (non-hydrogen) atoms. The number of H-pyrrole nitrogens is 1. The second-order valence-corrected chi connectivity index (χ2v) is 5.06. The minimum absolute atomic E-state index is 0.222. The maximum absolute atomic E-state index is 5.75. The normalized spacial score (nSPS) is 12.7. The summed E-state index contributed by atoms with van der Waals surface area (Å²) in [4.78, 5) is 7.77. The Morgan fingerprint density at radius 1 is 1.28 bits per heavy atom. The molecule has 0 fully saturated rings. The number of rotatable bonds is 4. The van der Waals surface area contributed by atoms with Crippen LogP contribution in [0.3, 0.4) is 0 Å². The van der Waals surface area contributed by atoms with Gasteiger partial charge in [0.15, 0.2) is 0 Å². The zero-order valence-electron chi connectivity index (χ0n) is 11.3. The number of aryl methyl sites for hydroxylation is 3. The van der Waals surface area contributed by atoms with Gasteiger partial charge in [0.25, 0.3) is 0 Å². The molecule has 0 aliphatic heterocycles. The molecule has 1 aromatic heterocycles. The smallest absolute Gasteiger partial charge is 0.106 e. The summed E-state index contributed by atoms with van der Waals surface area (Å²) in [7, 11) is 0. The van der Waals surface area contributed by atoms with Crippen molar-refractivity contribution in [2.75, 3.05) is 0 Å². The molecule has 0 saturated heterocycles. The van der Waals surface area contributed by atoms with Crippen LogP contribution < -0.4 is 5.73 Å². The summed E-state index contributed by atoms with van der Waals surface area (Å²) < 4.78 is 0. The van der Waals surface area contributed by atoms with Crippen LogP contribution in [-0.4, -0.2) is 16.0 Å². The highest BCUT2D eigenvalue weighted by molar-refractivity contribution is 5.60. The zero-order chi connectivity index (χ0) is 13.1. The molecule has 1 heterocycles. The SMILES string of the molecule is Cc1ccc(-c2cnc(CCC(C)N)[nH]2)cc1C. The van der Waals surface area contributed by atoms with Crippen molar-refractivity contribution in [3.63, 3.8) is 0 Å². The molecule has 3 nitrogen and oxygen atoms in total. The fourth-order valence-corrected chi connectivity index (χ4v) is 1.91. The van der Waals surface area contributed by atoms with Crippen LogP contribution in [0.2, 0.25) is 0 Å². The van der Waals surface area contributed by atoms with Gasteiger partial charge in [-0.1, -0.05) is 12.1 Å². The van der Waals surface area contributed by atoms with Crippen LogP contribution in [0.5, 0.6) is 0 Å². The highest BCUT2D eigenvalue weighted by Gasteiger charge is 2.05. The Hall–Kier alpha value is -1.61. The second-order valence-electron chi connectivity index (χ2n) is 5.06. The lowest BCUT2D eigenvalue weighted by molar-refractivity contribution is 0.652.